The molecule has 0 atom stereocenters. The average molecular weight is 278 g/mol. The smallest absolute Gasteiger partial charge is 0.326 e. The molecule has 0 aromatic heterocycles. The number of amides is 1. The number of carbonyl (C=O) groups is 2. The van der Waals surface area contributed by atoms with Gasteiger partial charge in [-0.25, -0.2) is 0 Å². The molecule has 1 rings (SSSR count). The van der Waals surface area contributed by atoms with Gasteiger partial charge in [0.05, 0.1) is 6.54 Å². The van der Waals surface area contributed by atoms with Crippen molar-refractivity contribution in [2.24, 2.45) is 5.73 Å². The van der Waals surface area contributed by atoms with Crippen LogP contribution in [0.2, 0.25) is 0 Å². The largest absolute Gasteiger partial charge is 0.459 e. The second-order valence-corrected chi connectivity index (χ2v) is 5.61. The molecule has 0 bridgehead atoms. The number of hydrogen-bond acceptors (Lipinski definition) is 4. The van der Waals surface area contributed by atoms with Crippen molar-refractivity contribution in [1.29, 1.82) is 0 Å². The van der Waals surface area contributed by atoms with Gasteiger partial charge in [-0.2, -0.15) is 0 Å². The number of ether oxygens (including phenoxy) is 1. The van der Waals surface area contributed by atoms with Crippen LogP contribution in [0.15, 0.2) is 24.3 Å². The number of anilines is 1. The minimum atomic E-state index is -0.582. The lowest BCUT2D eigenvalue weighted by Gasteiger charge is -2.25. The second-order valence-electron chi connectivity index (χ2n) is 5.61. The molecule has 0 radical (unpaired) electrons. The Bertz CT molecular complexity index is 492. The first-order valence-corrected chi connectivity index (χ1v) is 6.52. The SMILES string of the molecule is Cc1cccc(N(CC(=O)OC(C)(C)C)C(=O)CN)c1. The number of nitrogens with zero attached hydrogens (tertiary/aromatic N) is 1. The van der Waals surface area contributed by atoms with Crippen LogP contribution in [0.3, 0.4) is 0 Å². The molecular formula is C15H22N2O3. The van der Waals surface area contributed by atoms with Crippen LogP contribution >= 0.6 is 0 Å². The summed E-state index contributed by atoms with van der Waals surface area (Å²) in [5, 5.41) is 0. The van der Waals surface area contributed by atoms with Crippen LogP contribution in [-0.2, 0) is 14.3 Å². The van der Waals surface area contributed by atoms with Crippen LogP contribution in [0.25, 0.3) is 0 Å². The average Bonchev–Trinajstić information content (AvgIpc) is 2.33. The van der Waals surface area contributed by atoms with Crippen molar-refractivity contribution in [2.45, 2.75) is 33.3 Å². The van der Waals surface area contributed by atoms with Gasteiger partial charge in [0.15, 0.2) is 0 Å². The Balaban J connectivity index is 2.91. The van der Waals surface area contributed by atoms with E-state index in [1.165, 1.54) is 4.90 Å². The first-order valence-electron chi connectivity index (χ1n) is 6.52. The molecule has 5 heteroatoms. The molecule has 0 heterocycles. The highest BCUT2D eigenvalue weighted by atomic mass is 16.6. The first kappa shape index (κ1) is 16.2. The Morgan fingerprint density at radius 3 is 2.45 bits per heavy atom. The van der Waals surface area contributed by atoms with E-state index in [-0.39, 0.29) is 19.0 Å². The van der Waals surface area contributed by atoms with Crippen LogP contribution in [-0.4, -0.2) is 30.6 Å². The lowest BCUT2D eigenvalue weighted by Crippen LogP contribution is -2.41. The third-order valence-corrected chi connectivity index (χ3v) is 2.50. The maximum absolute atomic E-state index is 11.9. The zero-order valence-corrected chi connectivity index (χ0v) is 12.5. The standard InChI is InChI=1S/C15H22N2O3/c1-11-6-5-7-12(8-11)17(13(18)9-16)10-14(19)20-15(2,3)4/h5-8H,9-10,16H2,1-4H3. The second kappa shape index (κ2) is 6.52. The van der Waals surface area contributed by atoms with E-state index in [9.17, 15) is 9.59 Å². The molecule has 1 amide bonds. The van der Waals surface area contributed by atoms with E-state index in [1.807, 2.05) is 25.1 Å². The van der Waals surface area contributed by atoms with Crippen LogP contribution in [0.5, 0.6) is 0 Å². The van der Waals surface area contributed by atoms with Gasteiger partial charge in [0.1, 0.15) is 12.1 Å². The Hall–Kier alpha value is -1.88. The van der Waals surface area contributed by atoms with Gasteiger partial charge in [0.25, 0.3) is 0 Å². The highest BCUT2D eigenvalue weighted by Crippen LogP contribution is 2.17. The molecule has 0 aliphatic heterocycles. The van der Waals surface area contributed by atoms with Crippen molar-refractivity contribution < 1.29 is 14.3 Å². The third-order valence-electron chi connectivity index (χ3n) is 2.50. The zero-order chi connectivity index (χ0) is 15.3. The van der Waals surface area contributed by atoms with Crippen LogP contribution in [0.4, 0.5) is 5.69 Å². The van der Waals surface area contributed by atoms with E-state index >= 15 is 0 Å². The van der Waals surface area contributed by atoms with Crippen molar-refractivity contribution in [3.05, 3.63) is 29.8 Å². The molecule has 1 aromatic carbocycles. The summed E-state index contributed by atoms with van der Waals surface area (Å²) < 4.78 is 5.24. The van der Waals surface area contributed by atoms with Crippen molar-refractivity contribution in [1.82, 2.24) is 0 Å². The normalized spacial score (nSPS) is 11.1. The summed E-state index contributed by atoms with van der Waals surface area (Å²) in [7, 11) is 0. The van der Waals surface area contributed by atoms with E-state index in [4.69, 9.17) is 10.5 Å². The molecule has 0 aliphatic rings. The van der Waals surface area contributed by atoms with E-state index in [2.05, 4.69) is 0 Å². The van der Waals surface area contributed by atoms with Crippen molar-refractivity contribution in [3.63, 3.8) is 0 Å². The molecule has 0 aliphatic carbocycles. The van der Waals surface area contributed by atoms with Crippen molar-refractivity contribution in [3.8, 4) is 0 Å². The van der Waals surface area contributed by atoms with E-state index in [0.29, 0.717) is 5.69 Å². The summed E-state index contributed by atoms with van der Waals surface area (Å²) in [6.45, 7) is 6.97. The van der Waals surface area contributed by atoms with Gasteiger partial charge in [0.2, 0.25) is 5.91 Å². The minimum absolute atomic E-state index is 0.142. The Labute approximate surface area is 119 Å². The number of carbonyl (C=O) groups excluding carboxylic acids is 2. The Morgan fingerprint density at radius 2 is 1.95 bits per heavy atom. The molecular weight excluding hydrogens is 256 g/mol. The predicted molar refractivity (Wildman–Crippen MR) is 78.4 cm³/mol. The number of esters is 1. The van der Waals surface area contributed by atoms with Crippen molar-refractivity contribution >= 4 is 17.6 Å². The number of nitrogens with two attached hydrogens (primary N) is 1. The molecule has 1 aromatic rings. The van der Waals surface area contributed by atoms with Gasteiger partial charge in [-0.05, 0) is 45.4 Å². The fourth-order valence-electron chi connectivity index (χ4n) is 1.73. The number of hydrogen-bond donors (Lipinski definition) is 1. The summed E-state index contributed by atoms with van der Waals surface area (Å²) in [4.78, 5) is 25.2. The molecule has 0 saturated carbocycles. The van der Waals surface area contributed by atoms with Gasteiger partial charge in [-0.1, -0.05) is 12.1 Å². The molecule has 0 saturated heterocycles. The Kier molecular flexibility index (Phi) is 5.27. The quantitative estimate of drug-likeness (QED) is 0.850. The monoisotopic (exact) mass is 278 g/mol. The molecule has 20 heavy (non-hydrogen) atoms. The highest BCUT2D eigenvalue weighted by Gasteiger charge is 2.22. The van der Waals surface area contributed by atoms with Gasteiger partial charge >= 0.3 is 5.97 Å². The van der Waals surface area contributed by atoms with Crippen LogP contribution < -0.4 is 10.6 Å². The summed E-state index contributed by atoms with van der Waals surface area (Å²) in [6.07, 6.45) is 0. The number of rotatable bonds is 4. The molecule has 0 spiro atoms. The zero-order valence-electron chi connectivity index (χ0n) is 12.5. The molecule has 0 unspecified atom stereocenters. The summed E-state index contributed by atoms with van der Waals surface area (Å²) >= 11 is 0. The molecule has 110 valence electrons. The van der Waals surface area contributed by atoms with E-state index in [0.717, 1.165) is 5.56 Å². The fourth-order valence-corrected chi connectivity index (χ4v) is 1.73. The lowest BCUT2D eigenvalue weighted by atomic mass is 10.2. The fraction of sp³-hybridized carbons (Fsp3) is 0.467. The van der Waals surface area contributed by atoms with Crippen molar-refractivity contribution in [2.75, 3.05) is 18.0 Å². The topological polar surface area (TPSA) is 72.6 Å². The van der Waals surface area contributed by atoms with Crippen LogP contribution in [0.1, 0.15) is 26.3 Å². The minimum Gasteiger partial charge on any atom is -0.459 e. The maximum Gasteiger partial charge on any atom is 0.326 e. The lowest BCUT2D eigenvalue weighted by molar-refractivity contribution is -0.153. The summed E-state index contributed by atoms with van der Waals surface area (Å²) in [5.41, 5.74) is 6.47. The van der Waals surface area contributed by atoms with Crippen LogP contribution in [0, 0.1) is 6.92 Å². The highest BCUT2D eigenvalue weighted by molar-refractivity contribution is 5.98. The molecule has 5 nitrogen and oxygen atoms in total. The summed E-state index contributed by atoms with van der Waals surface area (Å²) in [5.74, 6) is -0.776. The van der Waals surface area contributed by atoms with Gasteiger partial charge in [-0.15, -0.1) is 0 Å². The number of aryl methyl sites for hydroxylation is 1. The predicted octanol–water partition coefficient (Wildman–Crippen LogP) is 1.63. The maximum atomic E-state index is 11.9. The number of benzene rings is 1. The van der Waals surface area contributed by atoms with Gasteiger partial charge in [-0.3, -0.25) is 9.59 Å². The third kappa shape index (κ3) is 5.01. The summed E-state index contributed by atoms with van der Waals surface area (Å²) in [6, 6.07) is 7.35. The molecule has 2 N–H and O–H groups in total. The first-order chi connectivity index (χ1) is 9.23. The Morgan fingerprint density at radius 1 is 1.30 bits per heavy atom. The van der Waals surface area contributed by atoms with E-state index in [1.54, 1.807) is 26.8 Å². The van der Waals surface area contributed by atoms with E-state index < -0.39 is 11.6 Å². The van der Waals surface area contributed by atoms with Gasteiger partial charge in [0, 0.05) is 5.69 Å². The molecule has 0 fully saturated rings. The van der Waals surface area contributed by atoms with Gasteiger partial charge < -0.3 is 15.4 Å².